The number of hydrogen-bond acceptors (Lipinski definition) is 5. The summed E-state index contributed by atoms with van der Waals surface area (Å²) in [5.74, 6) is 0.986. The van der Waals surface area contributed by atoms with Crippen LogP contribution in [0.1, 0.15) is 22.8 Å². The molecule has 2 rings (SSSR count). The molecule has 2 aromatic rings. The first kappa shape index (κ1) is 10.4. The molecule has 2 heterocycles. The zero-order chi connectivity index (χ0) is 11.7. The van der Waals surface area contributed by atoms with Crippen LogP contribution in [-0.4, -0.2) is 10.1 Å². The van der Waals surface area contributed by atoms with Crippen LogP contribution >= 0.6 is 0 Å². The van der Waals surface area contributed by atoms with Gasteiger partial charge in [-0.1, -0.05) is 5.16 Å². The maximum atomic E-state index is 10.4. The van der Waals surface area contributed by atoms with Gasteiger partial charge in [0.1, 0.15) is 16.4 Å². The van der Waals surface area contributed by atoms with Crippen molar-refractivity contribution < 1.29 is 13.9 Å². The highest BCUT2D eigenvalue weighted by molar-refractivity contribution is 5.28. The molecule has 0 unspecified atom stereocenters. The van der Waals surface area contributed by atoms with Gasteiger partial charge in [0.25, 0.3) is 0 Å². The van der Waals surface area contributed by atoms with E-state index in [4.69, 9.17) is 8.94 Å². The highest BCUT2D eigenvalue weighted by Gasteiger charge is 2.15. The van der Waals surface area contributed by atoms with Crippen LogP contribution < -0.4 is 0 Å². The summed E-state index contributed by atoms with van der Waals surface area (Å²) in [4.78, 5) is 9.87. The number of rotatable bonds is 3. The topological polar surface area (TPSA) is 82.3 Å². The minimum atomic E-state index is -0.559. The van der Waals surface area contributed by atoms with E-state index in [9.17, 15) is 10.1 Å². The van der Waals surface area contributed by atoms with E-state index in [-0.39, 0.29) is 5.88 Å². The quantitative estimate of drug-likeness (QED) is 0.588. The van der Waals surface area contributed by atoms with Gasteiger partial charge in [-0.15, -0.1) is 0 Å². The second kappa shape index (κ2) is 3.80. The normalized spacial score (nSPS) is 10.6. The Morgan fingerprint density at radius 2 is 2.19 bits per heavy atom. The summed E-state index contributed by atoms with van der Waals surface area (Å²) in [6.45, 7) is 3.62. The first-order chi connectivity index (χ1) is 7.58. The fourth-order valence-electron chi connectivity index (χ4n) is 1.49. The van der Waals surface area contributed by atoms with Crippen molar-refractivity contribution in [3.05, 3.63) is 45.0 Å². The minimum absolute atomic E-state index is 0.248. The molecule has 0 aliphatic heterocycles. The second-order valence-corrected chi connectivity index (χ2v) is 3.48. The van der Waals surface area contributed by atoms with Gasteiger partial charge in [-0.25, -0.2) is 0 Å². The van der Waals surface area contributed by atoms with Crippen LogP contribution in [0.15, 0.2) is 21.1 Å². The van der Waals surface area contributed by atoms with Gasteiger partial charge in [0, 0.05) is 12.0 Å². The third-order valence-electron chi connectivity index (χ3n) is 2.36. The molecular formula is C10H10N2O4. The molecule has 0 spiro atoms. The highest BCUT2D eigenvalue weighted by atomic mass is 16.6. The molecule has 0 radical (unpaired) electrons. The third-order valence-corrected chi connectivity index (χ3v) is 2.36. The van der Waals surface area contributed by atoms with E-state index >= 15 is 0 Å². The van der Waals surface area contributed by atoms with Crippen molar-refractivity contribution in [2.45, 2.75) is 20.3 Å². The summed E-state index contributed by atoms with van der Waals surface area (Å²) in [5, 5.41) is 14.2. The Morgan fingerprint density at radius 1 is 1.44 bits per heavy atom. The number of hydrogen-bond donors (Lipinski definition) is 0. The Balaban J connectivity index is 2.24. The summed E-state index contributed by atoms with van der Waals surface area (Å²) in [6, 6.07) is 2.93. The predicted octanol–water partition coefficient (Wildman–Crippen LogP) is 2.38. The molecule has 0 aromatic carbocycles. The molecule has 0 bridgehead atoms. The largest absolute Gasteiger partial charge is 0.433 e. The lowest BCUT2D eigenvalue weighted by molar-refractivity contribution is -0.402. The Bertz CT molecular complexity index is 507. The Hall–Kier alpha value is -2.11. The van der Waals surface area contributed by atoms with E-state index in [2.05, 4.69) is 5.16 Å². The standard InChI is InChI=1S/C10H10N2O4/c1-6-9(7(2)16-11-6)5-8-3-4-10(15-8)12(13)14/h3-4H,5H2,1-2H3. The molecule has 0 atom stereocenters. The van der Waals surface area contributed by atoms with Gasteiger partial charge < -0.3 is 8.94 Å². The van der Waals surface area contributed by atoms with Crippen molar-refractivity contribution in [2.75, 3.05) is 0 Å². The highest BCUT2D eigenvalue weighted by Crippen LogP contribution is 2.21. The van der Waals surface area contributed by atoms with Crippen molar-refractivity contribution in [2.24, 2.45) is 0 Å². The van der Waals surface area contributed by atoms with Gasteiger partial charge in [-0.05, 0) is 19.9 Å². The van der Waals surface area contributed by atoms with E-state index in [1.54, 1.807) is 13.0 Å². The lowest BCUT2D eigenvalue weighted by atomic mass is 10.1. The van der Waals surface area contributed by atoms with Crippen LogP contribution in [0.5, 0.6) is 0 Å². The van der Waals surface area contributed by atoms with E-state index in [0.717, 1.165) is 11.3 Å². The molecule has 0 amide bonds. The van der Waals surface area contributed by atoms with Crippen LogP contribution in [0.3, 0.4) is 0 Å². The summed E-state index contributed by atoms with van der Waals surface area (Å²) in [7, 11) is 0. The molecule has 0 aliphatic rings. The zero-order valence-corrected chi connectivity index (χ0v) is 8.89. The van der Waals surface area contributed by atoms with Crippen molar-refractivity contribution in [3.8, 4) is 0 Å². The van der Waals surface area contributed by atoms with E-state index in [0.29, 0.717) is 17.9 Å². The molecule has 6 heteroatoms. The molecule has 84 valence electrons. The molecule has 0 saturated carbocycles. The van der Waals surface area contributed by atoms with Gasteiger partial charge >= 0.3 is 5.88 Å². The lowest BCUT2D eigenvalue weighted by Crippen LogP contribution is -1.89. The summed E-state index contributed by atoms with van der Waals surface area (Å²) in [5.41, 5.74) is 1.68. The molecule has 16 heavy (non-hydrogen) atoms. The van der Waals surface area contributed by atoms with Crippen LogP contribution in [0.25, 0.3) is 0 Å². The Morgan fingerprint density at radius 3 is 2.69 bits per heavy atom. The number of aromatic nitrogens is 1. The second-order valence-electron chi connectivity index (χ2n) is 3.48. The van der Waals surface area contributed by atoms with Crippen LogP contribution in [0.4, 0.5) is 5.88 Å². The SMILES string of the molecule is Cc1noc(C)c1Cc1ccc([N+](=O)[O-])o1. The smallest absolute Gasteiger partial charge is 0.405 e. The van der Waals surface area contributed by atoms with E-state index < -0.39 is 4.92 Å². The van der Waals surface area contributed by atoms with Gasteiger partial charge in [-0.3, -0.25) is 10.1 Å². The maximum Gasteiger partial charge on any atom is 0.433 e. The fraction of sp³-hybridized carbons (Fsp3) is 0.300. The number of aryl methyl sites for hydroxylation is 2. The predicted molar refractivity (Wildman–Crippen MR) is 54.1 cm³/mol. The fourth-order valence-corrected chi connectivity index (χ4v) is 1.49. The Kier molecular flexibility index (Phi) is 2.47. The number of nitro groups is 1. The average Bonchev–Trinajstić information content (AvgIpc) is 2.80. The zero-order valence-electron chi connectivity index (χ0n) is 8.89. The summed E-state index contributed by atoms with van der Waals surface area (Å²) < 4.78 is 10.1. The average molecular weight is 222 g/mol. The third kappa shape index (κ3) is 1.81. The summed E-state index contributed by atoms with van der Waals surface area (Å²) in [6.07, 6.45) is 0.453. The maximum absolute atomic E-state index is 10.4. The molecule has 0 N–H and O–H groups in total. The van der Waals surface area contributed by atoms with Crippen LogP contribution in [-0.2, 0) is 6.42 Å². The molecule has 6 nitrogen and oxygen atoms in total. The summed E-state index contributed by atoms with van der Waals surface area (Å²) >= 11 is 0. The first-order valence-electron chi connectivity index (χ1n) is 4.73. The van der Waals surface area contributed by atoms with Crippen molar-refractivity contribution in [3.63, 3.8) is 0 Å². The van der Waals surface area contributed by atoms with Crippen LogP contribution in [0.2, 0.25) is 0 Å². The van der Waals surface area contributed by atoms with E-state index in [1.165, 1.54) is 6.07 Å². The minimum Gasteiger partial charge on any atom is -0.405 e. The molecule has 2 aromatic heterocycles. The van der Waals surface area contributed by atoms with Gasteiger partial charge in [-0.2, -0.15) is 0 Å². The first-order valence-corrected chi connectivity index (χ1v) is 4.73. The van der Waals surface area contributed by atoms with E-state index in [1.807, 2.05) is 6.92 Å². The molecular weight excluding hydrogens is 212 g/mol. The molecule has 0 fully saturated rings. The Labute approximate surface area is 91.0 Å². The van der Waals surface area contributed by atoms with Crippen molar-refractivity contribution in [1.82, 2.24) is 5.16 Å². The van der Waals surface area contributed by atoms with Gasteiger partial charge in [0.2, 0.25) is 0 Å². The molecule has 0 saturated heterocycles. The number of furan rings is 1. The monoisotopic (exact) mass is 222 g/mol. The number of nitrogens with zero attached hydrogens (tertiary/aromatic N) is 2. The lowest BCUT2D eigenvalue weighted by Gasteiger charge is -1.94. The van der Waals surface area contributed by atoms with Crippen molar-refractivity contribution >= 4 is 5.88 Å². The van der Waals surface area contributed by atoms with Gasteiger partial charge in [0.15, 0.2) is 0 Å². The van der Waals surface area contributed by atoms with Crippen molar-refractivity contribution in [1.29, 1.82) is 0 Å². The molecule has 0 aliphatic carbocycles. The van der Waals surface area contributed by atoms with Gasteiger partial charge in [0.05, 0.1) is 11.8 Å². The van der Waals surface area contributed by atoms with Crippen LogP contribution in [0, 0.1) is 24.0 Å².